The Hall–Kier alpha value is -0.960. The first-order valence-electron chi connectivity index (χ1n) is 5.72. The number of benzene rings is 1. The largest absolute Gasteiger partial charge is 0.496 e. The van der Waals surface area contributed by atoms with Crippen LogP contribution in [0.15, 0.2) is 18.2 Å². The zero-order chi connectivity index (χ0) is 13.1. The summed E-state index contributed by atoms with van der Waals surface area (Å²) in [6.45, 7) is 6.38. The van der Waals surface area contributed by atoms with Crippen LogP contribution in [-0.2, 0) is 5.41 Å². The fraction of sp³-hybridized carbons (Fsp3) is 0.500. The number of ether oxygens (including phenoxy) is 1. The average molecular weight is 252 g/mol. The van der Waals surface area contributed by atoms with E-state index in [1.54, 1.807) is 7.11 Å². The highest BCUT2D eigenvalue weighted by Crippen LogP contribution is 2.28. The standard InChI is InChI=1S/C14H20O2S/c1-14(2,3)10-5-6-13(16-4)11(9-10)12(15)7-8-17/h5-6,9,17H,7-8H2,1-4H3. The Morgan fingerprint density at radius 3 is 2.47 bits per heavy atom. The number of carbonyl (C=O) groups is 1. The summed E-state index contributed by atoms with van der Waals surface area (Å²) in [5.74, 6) is 1.29. The number of ketones is 1. The molecule has 0 radical (unpaired) electrons. The minimum atomic E-state index is 0.0300. The molecule has 1 rings (SSSR count). The van der Waals surface area contributed by atoms with E-state index in [4.69, 9.17) is 4.74 Å². The average Bonchev–Trinajstić information content (AvgIpc) is 2.27. The lowest BCUT2D eigenvalue weighted by molar-refractivity contribution is 0.0986. The monoisotopic (exact) mass is 252 g/mol. The van der Waals surface area contributed by atoms with Crippen LogP contribution in [0.5, 0.6) is 5.75 Å². The Morgan fingerprint density at radius 1 is 1.35 bits per heavy atom. The van der Waals surface area contributed by atoms with E-state index in [0.29, 0.717) is 23.5 Å². The second-order valence-corrected chi connectivity index (χ2v) is 5.51. The quantitative estimate of drug-likeness (QED) is 0.656. The van der Waals surface area contributed by atoms with Gasteiger partial charge in [0.25, 0.3) is 0 Å². The summed E-state index contributed by atoms with van der Waals surface area (Å²) in [7, 11) is 1.59. The lowest BCUT2D eigenvalue weighted by Gasteiger charge is -2.20. The number of hydrogen-bond acceptors (Lipinski definition) is 3. The van der Waals surface area contributed by atoms with Gasteiger partial charge in [0.15, 0.2) is 5.78 Å². The molecular weight excluding hydrogens is 232 g/mol. The van der Waals surface area contributed by atoms with Gasteiger partial charge in [0.1, 0.15) is 5.75 Å². The van der Waals surface area contributed by atoms with Crippen LogP contribution in [0.2, 0.25) is 0 Å². The van der Waals surface area contributed by atoms with E-state index in [9.17, 15) is 4.79 Å². The molecule has 0 bridgehead atoms. The Balaban J connectivity index is 3.20. The van der Waals surface area contributed by atoms with Crippen LogP contribution in [-0.4, -0.2) is 18.6 Å². The van der Waals surface area contributed by atoms with Crippen molar-refractivity contribution in [1.29, 1.82) is 0 Å². The summed E-state index contributed by atoms with van der Waals surface area (Å²) < 4.78 is 5.23. The summed E-state index contributed by atoms with van der Waals surface area (Å²) in [6, 6.07) is 5.81. The molecule has 0 aliphatic heterocycles. The highest BCUT2D eigenvalue weighted by atomic mass is 32.1. The summed E-state index contributed by atoms with van der Waals surface area (Å²) >= 11 is 4.09. The topological polar surface area (TPSA) is 26.3 Å². The number of methoxy groups -OCH3 is 1. The van der Waals surface area contributed by atoms with Crippen molar-refractivity contribution in [2.45, 2.75) is 32.6 Å². The number of rotatable bonds is 4. The van der Waals surface area contributed by atoms with Crippen molar-refractivity contribution in [1.82, 2.24) is 0 Å². The van der Waals surface area contributed by atoms with Gasteiger partial charge >= 0.3 is 0 Å². The predicted molar refractivity (Wildman–Crippen MR) is 74.5 cm³/mol. The van der Waals surface area contributed by atoms with Crippen molar-refractivity contribution in [3.8, 4) is 5.75 Å². The lowest BCUT2D eigenvalue weighted by atomic mass is 9.85. The molecule has 3 heteroatoms. The van der Waals surface area contributed by atoms with E-state index in [0.717, 1.165) is 5.56 Å². The van der Waals surface area contributed by atoms with Crippen molar-refractivity contribution in [3.63, 3.8) is 0 Å². The van der Waals surface area contributed by atoms with Gasteiger partial charge in [-0.15, -0.1) is 0 Å². The highest BCUT2D eigenvalue weighted by Gasteiger charge is 2.18. The van der Waals surface area contributed by atoms with Gasteiger partial charge in [0.2, 0.25) is 0 Å². The summed E-state index contributed by atoms with van der Waals surface area (Å²) in [6.07, 6.45) is 0.438. The molecule has 0 saturated carbocycles. The molecule has 0 atom stereocenters. The first-order chi connectivity index (χ1) is 7.90. The molecule has 0 amide bonds. The van der Waals surface area contributed by atoms with Crippen molar-refractivity contribution in [3.05, 3.63) is 29.3 Å². The number of Topliss-reactive ketones (excluding diaryl/α,β-unsaturated/α-hetero) is 1. The van der Waals surface area contributed by atoms with Gasteiger partial charge in [0.05, 0.1) is 12.7 Å². The number of thiol groups is 1. The minimum Gasteiger partial charge on any atom is -0.496 e. The van der Waals surface area contributed by atoms with Gasteiger partial charge in [0, 0.05) is 6.42 Å². The van der Waals surface area contributed by atoms with Crippen LogP contribution in [0.4, 0.5) is 0 Å². The second-order valence-electron chi connectivity index (χ2n) is 5.06. The maximum Gasteiger partial charge on any atom is 0.167 e. The Bertz CT molecular complexity index is 405. The molecule has 0 aromatic heterocycles. The fourth-order valence-electron chi connectivity index (χ4n) is 1.63. The van der Waals surface area contributed by atoms with E-state index < -0.39 is 0 Å². The number of carbonyl (C=O) groups excluding carboxylic acids is 1. The molecule has 2 nitrogen and oxygen atoms in total. The van der Waals surface area contributed by atoms with Crippen molar-refractivity contribution in [2.24, 2.45) is 0 Å². The van der Waals surface area contributed by atoms with Crippen molar-refractivity contribution in [2.75, 3.05) is 12.9 Å². The van der Waals surface area contributed by atoms with Gasteiger partial charge < -0.3 is 4.74 Å². The molecule has 0 heterocycles. The number of hydrogen-bond donors (Lipinski definition) is 1. The first-order valence-corrected chi connectivity index (χ1v) is 6.36. The molecule has 1 aromatic rings. The Labute approximate surface area is 109 Å². The van der Waals surface area contributed by atoms with E-state index in [1.807, 2.05) is 18.2 Å². The van der Waals surface area contributed by atoms with Crippen molar-refractivity contribution >= 4 is 18.4 Å². The normalized spacial score (nSPS) is 11.4. The van der Waals surface area contributed by atoms with Crippen molar-refractivity contribution < 1.29 is 9.53 Å². The minimum absolute atomic E-state index is 0.0300. The van der Waals surface area contributed by atoms with Crippen LogP contribution >= 0.6 is 12.6 Å². The van der Waals surface area contributed by atoms with Gasteiger partial charge in [-0.25, -0.2) is 0 Å². The molecule has 1 aromatic carbocycles. The van der Waals surface area contributed by atoms with Crippen LogP contribution < -0.4 is 4.74 Å². The van der Waals surface area contributed by atoms with E-state index in [1.165, 1.54) is 0 Å². The molecule has 17 heavy (non-hydrogen) atoms. The third-order valence-electron chi connectivity index (χ3n) is 2.70. The van der Waals surface area contributed by atoms with Gasteiger partial charge in [-0.1, -0.05) is 26.8 Å². The molecule has 0 aliphatic carbocycles. The molecule has 0 aliphatic rings. The molecule has 94 valence electrons. The molecular formula is C14H20O2S. The van der Waals surface area contributed by atoms with Gasteiger partial charge in [-0.2, -0.15) is 12.6 Å². The maximum absolute atomic E-state index is 12.0. The molecule has 0 N–H and O–H groups in total. The van der Waals surface area contributed by atoms with Gasteiger partial charge in [-0.3, -0.25) is 4.79 Å². The molecule has 0 fully saturated rings. The Kier molecular flexibility index (Phi) is 4.63. The third kappa shape index (κ3) is 3.50. The molecule has 0 saturated heterocycles. The van der Waals surface area contributed by atoms with Crippen LogP contribution in [0, 0.1) is 0 Å². The second kappa shape index (κ2) is 5.58. The molecule has 0 unspecified atom stereocenters. The zero-order valence-electron chi connectivity index (χ0n) is 10.9. The fourth-order valence-corrected chi connectivity index (χ4v) is 1.83. The first kappa shape index (κ1) is 14.1. The smallest absolute Gasteiger partial charge is 0.167 e. The third-order valence-corrected chi connectivity index (χ3v) is 2.93. The van der Waals surface area contributed by atoms with Crippen LogP contribution in [0.1, 0.15) is 43.1 Å². The van der Waals surface area contributed by atoms with E-state index in [2.05, 4.69) is 33.4 Å². The summed E-state index contributed by atoms with van der Waals surface area (Å²) in [4.78, 5) is 12.0. The van der Waals surface area contributed by atoms with E-state index >= 15 is 0 Å². The maximum atomic E-state index is 12.0. The highest BCUT2D eigenvalue weighted by molar-refractivity contribution is 7.80. The van der Waals surface area contributed by atoms with Crippen LogP contribution in [0.25, 0.3) is 0 Å². The SMILES string of the molecule is COc1ccc(C(C)(C)C)cc1C(=O)CCS. The summed E-state index contributed by atoms with van der Waals surface area (Å²) in [5, 5.41) is 0. The lowest BCUT2D eigenvalue weighted by Crippen LogP contribution is -2.13. The Morgan fingerprint density at radius 2 is 2.00 bits per heavy atom. The van der Waals surface area contributed by atoms with E-state index in [-0.39, 0.29) is 11.2 Å². The zero-order valence-corrected chi connectivity index (χ0v) is 11.8. The molecule has 0 spiro atoms. The predicted octanol–water partition coefficient (Wildman–Crippen LogP) is 3.50. The van der Waals surface area contributed by atoms with Gasteiger partial charge in [-0.05, 0) is 28.9 Å². The van der Waals surface area contributed by atoms with Crippen LogP contribution in [0.3, 0.4) is 0 Å². The summed E-state index contributed by atoms with van der Waals surface area (Å²) in [5.41, 5.74) is 1.83.